The molecule has 1 atom stereocenters. The van der Waals surface area contributed by atoms with Gasteiger partial charge in [0, 0.05) is 48.4 Å². The molecule has 0 unspecified atom stereocenters. The highest BCUT2D eigenvalue weighted by molar-refractivity contribution is 5.98. The molecule has 2 aromatic rings. The number of hydrogen-bond donors (Lipinski definition) is 4. The predicted molar refractivity (Wildman–Crippen MR) is 130 cm³/mol. The zero-order valence-corrected chi connectivity index (χ0v) is 18.6. The number of allylic oxidation sites excluding steroid dienone is 1. The molecule has 1 saturated heterocycles. The van der Waals surface area contributed by atoms with Gasteiger partial charge in [-0.3, -0.25) is 4.79 Å². The summed E-state index contributed by atoms with van der Waals surface area (Å²) in [5.41, 5.74) is 8.22. The van der Waals surface area contributed by atoms with Crippen LogP contribution < -0.4 is 21.3 Å². The average molecular weight is 437 g/mol. The van der Waals surface area contributed by atoms with E-state index >= 15 is 0 Å². The van der Waals surface area contributed by atoms with Gasteiger partial charge in [-0.1, -0.05) is 13.5 Å². The van der Waals surface area contributed by atoms with Gasteiger partial charge in [-0.15, -0.1) is 0 Å². The summed E-state index contributed by atoms with van der Waals surface area (Å²) >= 11 is 0. The first-order valence-corrected chi connectivity index (χ1v) is 11.1. The molecule has 1 aliphatic heterocycles. The second kappa shape index (κ2) is 11.3. The molecular formula is C24H32N6O2. The van der Waals surface area contributed by atoms with Crippen molar-refractivity contribution in [2.75, 3.05) is 28.7 Å². The molecule has 1 aromatic heterocycles. The van der Waals surface area contributed by atoms with Crippen molar-refractivity contribution in [3.8, 4) is 0 Å². The third-order valence-electron chi connectivity index (χ3n) is 5.58. The van der Waals surface area contributed by atoms with Crippen molar-refractivity contribution in [3.05, 3.63) is 55.0 Å². The number of nitrogens with one attached hydrogen (secondary N) is 2. The Morgan fingerprint density at radius 2 is 2.03 bits per heavy atom. The normalized spacial score (nSPS) is 16.5. The van der Waals surface area contributed by atoms with Crippen LogP contribution in [0, 0.1) is 0 Å². The maximum atomic E-state index is 11.5. The van der Waals surface area contributed by atoms with Crippen LogP contribution in [0.4, 0.5) is 23.0 Å². The first-order chi connectivity index (χ1) is 15.6. The maximum Gasteiger partial charge on any atom is 0.247 e. The van der Waals surface area contributed by atoms with Gasteiger partial charge in [-0.05, 0) is 62.4 Å². The number of anilines is 4. The zero-order chi connectivity index (χ0) is 22.9. The van der Waals surface area contributed by atoms with Crippen LogP contribution in [0.15, 0.2) is 49.2 Å². The summed E-state index contributed by atoms with van der Waals surface area (Å²) in [5, 5.41) is 15.6. The van der Waals surface area contributed by atoms with E-state index in [-0.39, 0.29) is 18.6 Å². The molecule has 0 aliphatic carbocycles. The molecule has 0 saturated carbocycles. The zero-order valence-electron chi connectivity index (χ0n) is 18.6. The van der Waals surface area contributed by atoms with E-state index in [0.29, 0.717) is 23.8 Å². The average Bonchev–Trinajstić information content (AvgIpc) is 2.81. The first-order valence-electron chi connectivity index (χ1n) is 11.1. The van der Waals surface area contributed by atoms with Crippen LogP contribution in [-0.2, 0) is 4.79 Å². The second-order valence-corrected chi connectivity index (χ2v) is 7.73. The van der Waals surface area contributed by atoms with E-state index in [9.17, 15) is 9.90 Å². The fourth-order valence-corrected chi connectivity index (χ4v) is 3.87. The largest absolute Gasteiger partial charge is 0.404 e. The Morgan fingerprint density at radius 3 is 2.69 bits per heavy atom. The number of aromatic nitrogens is 2. The lowest BCUT2D eigenvalue weighted by atomic mass is 9.99. The summed E-state index contributed by atoms with van der Waals surface area (Å²) in [4.78, 5) is 23.3. The molecule has 8 nitrogen and oxygen atoms in total. The first kappa shape index (κ1) is 23.3. The molecule has 8 heteroatoms. The van der Waals surface area contributed by atoms with Crippen molar-refractivity contribution in [2.24, 2.45) is 5.73 Å². The highest BCUT2D eigenvalue weighted by Crippen LogP contribution is 2.29. The Hall–Kier alpha value is -3.39. The van der Waals surface area contributed by atoms with Crippen molar-refractivity contribution in [2.45, 2.75) is 45.1 Å². The summed E-state index contributed by atoms with van der Waals surface area (Å²) < 4.78 is 0. The summed E-state index contributed by atoms with van der Waals surface area (Å²) in [7, 11) is 0. The van der Waals surface area contributed by atoms with E-state index in [2.05, 4.69) is 22.1 Å². The molecule has 5 N–H and O–H groups in total. The van der Waals surface area contributed by atoms with Crippen LogP contribution in [0.1, 0.15) is 44.9 Å². The highest BCUT2D eigenvalue weighted by atomic mass is 16.3. The van der Waals surface area contributed by atoms with Gasteiger partial charge >= 0.3 is 0 Å². The number of aliphatic hydroxyl groups excluding tert-OH is 1. The van der Waals surface area contributed by atoms with Crippen molar-refractivity contribution in [3.63, 3.8) is 0 Å². The SMILES string of the molecule is C=CC(=O)Nc1ccc(Nc2cc(N3CCCC[C@H]3CCO)nc(C(=CN)CC)n2)cc1. The third kappa shape index (κ3) is 5.85. The number of piperidine rings is 1. The van der Waals surface area contributed by atoms with Gasteiger partial charge in [0.05, 0.1) is 0 Å². The lowest BCUT2D eigenvalue weighted by molar-refractivity contribution is -0.111. The van der Waals surface area contributed by atoms with Crippen molar-refractivity contribution < 1.29 is 9.90 Å². The van der Waals surface area contributed by atoms with Gasteiger partial charge in [0.2, 0.25) is 5.91 Å². The van der Waals surface area contributed by atoms with Crippen molar-refractivity contribution in [1.29, 1.82) is 0 Å². The predicted octanol–water partition coefficient (Wildman–Crippen LogP) is 3.80. The Balaban J connectivity index is 1.91. The second-order valence-electron chi connectivity index (χ2n) is 7.73. The standard InChI is InChI=1S/C24H32N6O2/c1-3-17(16-25)24-28-21(26-18-8-10-19(11-9-18)27-23(32)4-2)15-22(29-24)30-13-6-5-7-20(30)12-14-31/h4,8-11,15-16,20,31H,2-3,5-7,12-14,25H2,1H3,(H,27,32)(H,26,28,29)/t20-/m0/s1. The van der Waals surface area contributed by atoms with E-state index in [4.69, 9.17) is 15.7 Å². The molecule has 0 radical (unpaired) electrons. The topological polar surface area (TPSA) is 116 Å². The smallest absolute Gasteiger partial charge is 0.247 e. The fraction of sp³-hybridized carbons (Fsp3) is 0.375. The van der Waals surface area contributed by atoms with E-state index in [1.165, 1.54) is 6.08 Å². The van der Waals surface area contributed by atoms with Crippen LogP contribution >= 0.6 is 0 Å². The molecule has 1 aromatic carbocycles. The van der Waals surface area contributed by atoms with Crippen LogP contribution in [0.2, 0.25) is 0 Å². The molecule has 1 fully saturated rings. The number of nitrogens with zero attached hydrogens (tertiary/aromatic N) is 3. The molecule has 2 heterocycles. The van der Waals surface area contributed by atoms with E-state index in [0.717, 1.165) is 49.3 Å². The number of amides is 1. The van der Waals surface area contributed by atoms with E-state index in [1.807, 2.05) is 37.3 Å². The lowest BCUT2D eigenvalue weighted by Gasteiger charge is -2.36. The van der Waals surface area contributed by atoms with Crippen molar-refractivity contribution >= 4 is 34.5 Å². The van der Waals surface area contributed by atoms with Crippen molar-refractivity contribution in [1.82, 2.24) is 9.97 Å². The number of rotatable bonds is 9. The number of aliphatic hydroxyl groups is 1. The van der Waals surface area contributed by atoms with Gasteiger partial charge in [0.25, 0.3) is 0 Å². The molecule has 170 valence electrons. The van der Waals surface area contributed by atoms with Crippen LogP contribution in [0.5, 0.6) is 0 Å². The number of nitrogens with two attached hydrogens (primary N) is 1. The van der Waals surface area contributed by atoms with Gasteiger partial charge in [0.1, 0.15) is 11.6 Å². The summed E-state index contributed by atoms with van der Waals surface area (Å²) in [6, 6.07) is 9.56. The molecular weight excluding hydrogens is 404 g/mol. The maximum absolute atomic E-state index is 11.5. The molecule has 1 aliphatic rings. The molecule has 3 rings (SSSR count). The van der Waals surface area contributed by atoms with Gasteiger partial charge < -0.3 is 26.4 Å². The minimum atomic E-state index is -0.254. The Morgan fingerprint density at radius 1 is 1.28 bits per heavy atom. The van der Waals surface area contributed by atoms with Crippen LogP contribution in [0.3, 0.4) is 0 Å². The Labute approximate surface area is 189 Å². The highest BCUT2D eigenvalue weighted by Gasteiger charge is 2.24. The number of carbonyl (C=O) groups is 1. The number of hydrogen-bond acceptors (Lipinski definition) is 7. The summed E-state index contributed by atoms with van der Waals surface area (Å²) in [6.45, 7) is 6.53. The monoisotopic (exact) mass is 436 g/mol. The quantitative estimate of drug-likeness (QED) is 0.442. The Kier molecular flexibility index (Phi) is 8.21. The molecule has 32 heavy (non-hydrogen) atoms. The number of carbonyl (C=O) groups excluding carboxylic acids is 1. The third-order valence-corrected chi connectivity index (χ3v) is 5.58. The Bertz CT molecular complexity index is 955. The van der Waals surface area contributed by atoms with E-state index in [1.54, 1.807) is 6.20 Å². The van der Waals surface area contributed by atoms with Gasteiger partial charge in [0.15, 0.2) is 5.82 Å². The van der Waals surface area contributed by atoms with Gasteiger partial charge in [-0.2, -0.15) is 0 Å². The molecule has 1 amide bonds. The molecule has 0 spiro atoms. The fourth-order valence-electron chi connectivity index (χ4n) is 3.87. The van der Waals surface area contributed by atoms with Crippen LogP contribution in [-0.4, -0.2) is 40.2 Å². The summed E-state index contributed by atoms with van der Waals surface area (Å²) in [5.74, 6) is 1.83. The lowest BCUT2D eigenvalue weighted by Crippen LogP contribution is -2.40. The minimum Gasteiger partial charge on any atom is -0.404 e. The van der Waals surface area contributed by atoms with Crippen LogP contribution in [0.25, 0.3) is 5.57 Å². The number of benzene rings is 1. The van der Waals surface area contributed by atoms with Gasteiger partial charge in [-0.25, -0.2) is 9.97 Å². The summed E-state index contributed by atoms with van der Waals surface area (Å²) in [6.07, 6.45) is 7.51. The van der Waals surface area contributed by atoms with E-state index < -0.39 is 0 Å². The molecule has 0 bridgehead atoms. The minimum absolute atomic E-state index is 0.155.